The molecule has 20 heavy (non-hydrogen) atoms. The van der Waals surface area contributed by atoms with Crippen LogP contribution in [0, 0.1) is 5.92 Å². The van der Waals surface area contributed by atoms with Gasteiger partial charge < -0.3 is 10.4 Å². The van der Waals surface area contributed by atoms with Crippen LogP contribution < -0.4 is 5.32 Å². The van der Waals surface area contributed by atoms with Gasteiger partial charge in [-0.25, -0.2) is 0 Å². The van der Waals surface area contributed by atoms with E-state index in [9.17, 15) is 14.7 Å². The van der Waals surface area contributed by atoms with Gasteiger partial charge in [-0.15, -0.1) is 0 Å². The second kappa shape index (κ2) is 6.75. The second-order valence-electron chi connectivity index (χ2n) is 5.14. The van der Waals surface area contributed by atoms with Gasteiger partial charge in [-0.1, -0.05) is 43.0 Å². The van der Waals surface area contributed by atoms with Crippen molar-refractivity contribution in [3.8, 4) is 0 Å². The predicted molar refractivity (Wildman–Crippen MR) is 76.9 cm³/mol. The van der Waals surface area contributed by atoms with Crippen LogP contribution in [0.5, 0.6) is 0 Å². The minimum absolute atomic E-state index is 0.297. The lowest BCUT2D eigenvalue weighted by Crippen LogP contribution is -2.42. The average molecular weight is 296 g/mol. The Balaban J connectivity index is 2.12. The van der Waals surface area contributed by atoms with E-state index in [1.54, 1.807) is 24.3 Å². The van der Waals surface area contributed by atoms with Crippen molar-refractivity contribution in [1.29, 1.82) is 0 Å². The van der Waals surface area contributed by atoms with Gasteiger partial charge in [0.05, 0.1) is 16.5 Å². The van der Waals surface area contributed by atoms with Gasteiger partial charge in [-0.3, -0.25) is 9.59 Å². The third kappa shape index (κ3) is 3.51. The molecule has 0 radical (unpaired) electrons. The van der Waals surface area contributed by atoms with Gasteiger partial charge in [-0.05, 0) is 25.0 Å². The third-order valence-corrected chi connectivity index (χ3v) is 4.10. The number of halogens is 1. The quantitative estimate of drug-likeness (QED) is 0.842. The van der Waals surface area contributed by atoms with Crippen LogP contribution >= 0.6 is 11.6 Å². The van der Waals surface area contributed by atoms with Gasteiger partial charge in [0.25, 0.3) is 5.91 Å². The Kier molecular flexibility index (Phi) is 5.01. The summed E-state index contributed by atoms with van der Waals surface area (Å²) in [5.41, 5.74) is 0.391. The summed E-state index contributed by atoms with van der Waals surface area (Å²) in [5, 5.41) is 12.5. The van der Waals surface area contributed by atoms with E-state index in [1.165, 1.54) is 0 Å². The number of carboxylic acids is 1. The molecule has 5 heteroatoms. The largest absolute Gasteiger partial charge is 0.481 e. The molecule has 1 fully saturated rings. The summed E-state index contributed by atoms with van der Waals surface area (Å²) in [7, 11) is 0. The zero-order valence-corrected chi connectivity index (χ0v) is 11.9. The lowest BCUT2D eigenvalue weighted by atomic mass is 9.94. The average Bonchev–Trinajstić information content (AvgIpc) is 2.64. The topological polar surface area (TPSA) is 66.4 Å². The Bertz CT molecular complexity index is 504. The Morgan fingerprint density at radius 3 is 2.55 bits per heavy atom. The van der Waals surface area contributed by atoms with E-state index in [2.05, 4.69) is 5.32 Å². The Morgan fingerprint density at radius 1 is 1.15 bits per heavy atom. The fraction of sp³-hybridized carbons (Fsp3) is 0.467. The Morgan fingerprint density at radius 2 is 1.85 bits per heavy atom. The lowest BCUT2D eigenvalue weighted by molar-refractivity contribution is -0.142. The summed E-state index contributed by atoms with van der Waals surface area (Å²) in [6, 6.07) is 6.47. The van der Waals surface area contributed by atoms with Gasteiger partial charge >= 0.3 is 5.97 Å². The molecule has 1 amide bonds. The molecular weight excluding hydrogens is 278 g/mol. The highest BCUT2D eigenvalue weighted by Crippen LogP contribution is 2.24. The first kappa shape index (κ1) is 14.9. The van der Waals surface area contributed by atoms with E-state index in [0.717, 1.165) is 19.3 Å². The number of nitrogens with one attached hydrogen (secondary N) is 1. The van der Waals surface area contributed by atoms with Crippen LogP contribution in [0.4, 0.5) is 0 Å². The first-order chi connectivity index (χ1) is 9.59. The third-order valence-electron chi connectivity index (χ3n) is 3.77. The normalized spacial score (nSPS) is 22.9. The van der Waals surface area contributed by atoms with Gasteiger partial charge in [-0.2, -0.15) is 0 Å². The van der Waals surface area contributed by atoms with Crippen LogP contribution in [0.1, 0.15) is 42.5 Å². The molecule has 108 valence electrons. The molecule has 0 aliphatic heterocycles. The van der Waals surface area contributed by atoms with Gasteiger partial charge in [0.15, 0.2) is 0 Å². The highest BCUT2D eigenvalue weighted by Gasteiger charge is 2.31. The van der Waals surface area contributed by atoms with Crippen molar-refractivity contribution in [3.05, 3.63) is 34.9 Å². The molecule has 1 aromatic rings. The van der Waals surface area contributed by atoms with E-state index >= 15 is 0 Å². The molecule has 0 aromatic heterocycles. The molecule has 1 aliphatic carbocycles. The molecule has 0 saturated heterocycles. The van der Waals surface area contributed by atoms with E-state index in [-0.39, 0.29) is 11.9 Å². The minimum atomic E-state index is -0.837. The smallest absolute Gasteiger partial charge is 0.308 e. The van der Waals surface area contributed by atoms with E-state index in [1.807, 2.05) is 0 Å². The summed E-state index contributed by atoms with van der Waals surface area (Å²) >= 11 is 5.99. The number of carbonyl (C=O) groups is 2. The van der Waals surface area contributed by atoms with Crippen LogP contribution in [0.3, 0.4) is 0 Å². The fourth-order valence-electron chi connectivity index (χ4n) is 2.67. The van der Waals surface area contributed by atoms with E-state index in [4.69, 9.17) is 11.6 Å². The van der Waals surface area contributed by atoms with E-state index in [0.29, 0.717) is 23.4 Å². The molecule has 2 rings (SSSR count). The minimum Gasteiger partial charge on any atom is -0.481 e. The number of rotatable bonds is 3. The van der Waals surface area contributed by atoms with Crippen molar-refractivity contribution >= 4 is 23.5 Å². The molecule has 1 saturated carbocycles. The Labute approximate surface area is 123 Å². The van der Waals surface area contributed by atoms with Crippen molar-refractivity contribution in [2.24, 2.45) is 5.92 Å². The second-order valence-corrected chi connectivity index (χ2v) is 5.55. The van der Waals surface area contributed by atoms with Crippen LogP contribution in [-0.2, 0) is 4.79 Å². The standard InChI is InChI=1S/C15H18ClNO3/c16-12-8-5-4-6-10(12)14(18)17-13-9-3-1-2-7-11(13)15(19)20/h4-6,8,11,13H,1-3,7,9H2,(H,17,18)(H,19,20)/t11-,13+/m0/s1. The van der Waals surface area contributed by atoms with Crippen LogP contribution in [0.15, 0.2) is 24.3 Å². The molecule has 0 spiro atoms. The summed E-state index contributed by atoms with van der Waals surface area (Å²) in [6.07, 6.45) is 4.17. The Hall–Kier alpha value is -1.55. The maximum absolute atomic E-state index is 12.2. The molecule has 1 aromatic carbocycles. The SMILES string of the molecule is O=C(N[C@@H]1CCCCC[C@@H]1C(=O)O)c1ccccc1Cl. The molecule has 4 nitrogen and oxygen atoms in total. The zero-order valence-electron chi connectivity index (χ0n) is 11.1. The molecule has 0 heterocycles. The number of aliphatic carboxylic acids is 1. The number of carbonyl (C=O) groups excluding carboxylic acids is 1. The lowest BCUT2D eigenvalue weighted by Gasteiger charge is -2.23. The molecule has 0 bridgehead atoms. The maximum atomic E-state index is 12.2. The monoisotopic (exact) mass is 295 g/mol. The summed E-state index contributed by atoms with van der Waals surface area (Å²) in [5.74, 6) is -1.64. The van der Waals surface area contributed by atoms with Gasteiger partial charge in [0, 0.05) is 6.04 Å². The summed E-state index contributed by atoms with van der Waals surface area (Å²) < 4.78 is 0. The molecular formula is C15H18ClNO3. The number of amides is 1. The van der Waals surface area contributed by atoms with E-state index < -0.39 is 11.9 Å². The highest BCUT2D eigenvalue weighted by atomic mass is 35.5. The van der Waals surface area contributed by atoms with Gasteiger partial charge in [0.2, 0.25) is 0 Å². The summed E-state index contributed by atoms with van der Waals surface area (Å²) in [4.78, 5) is 23.6. The number of hydrogen-bond donors (Lipinski definition) is 2. The fourth-order valence-corrected chi connectivity index (χ4v) is 2.89. The first-order valence-corrected chi connectivity index (χ1v) is 7.25. The summed E-state index contributed by atoms with van der Waals surface area (Å²) in [6.45, 7) is 0. The predicted octanol–water partition coefficient (Wildman–Crippen LogP) is 3.10. The van der Waals surface area contributed by atoms with Crippen molar-refractivity contribution in [1.82, 2.24) is 5.32 Å². The van der Waals surface area contributed by atoms with Crippen molar-refractivity contribution in [2.75, 3.05) is 0 Å². The maximum Gasteiger partial charge on any atom is 0.308 e. The van der Waals surface area contributed by atoms with Crippen molar-refractivity contribution < 1.29 is 14.7 Å². The number of benzene rings is 1. The van der Waals surface area contributed by atoms with Crippen LogP contribution in [0.2, 0.25) is 5.02 Å². The molecule has 0 unspecified atom stereocenters. The molecule has 2 atom stereocenters. The molecule has 2 N–H and O–H groups in total. The number of hydrogen-bond acceptors (Lipinski definition) is 2. The van der Waals surface area contributed by atoms with Crippen molar-refractivity contribution in [2.45, 2.75) is 38.1 Å². The highest BCUT2D eigenvalue weighted by molar-refractivity contribution is 6.33. The first-order valence-electron chi connectivity index (χ1n) is 6.88. The van der Waals surface area contributed by atoms with Crippen LogP contribution in [0.25, 0.3) is 0 Å². The number of carboxylic acid groups (broad SMARTS) is 1. The molecule has 1 aliphatic rings. The van der Waals surface area contributed by atoms with Crippen LogP contribution in [-0.4, -0.2) is 23.0 Å². The zero-order chi connectivity index (χ0) is 14.5. The van der Waals surface area contributed by atoms with Gasteiger partial charge in [0.1, 0.15) is 0 Å². The van der Waals surface area contributed by atoms with Crippen molar-refractivity contribution in [3.63, 3.8) is 0 Å².